The fraction of sp³-hybridized carbons (Fsp3) is 0.292. The molecule has 1 aliphatic heterocycles. The number of rotatable bonds is 13. The Morgan fingerprint density at radius 3 is 1.28 bits per heavy atom. The summed E-state index contributed by atoms with van der Waals surface area (Å²) in [6.45, 7) is 2.12. The number of hydrogen-bond donors (Lipinski definition) is 11. The number of imidazole rings is 4. The number of para-hydroxylation sites is 2. The van der Waals surface area contributed by atoms with Crippen LogP contribution in [-0.4, -0.2) is 134 Å². The number of carboxylic acid groups (broad SMARTS) is 4. The van der Waals surface area contributed by atoms with E-state index in [4.69, 9.17) is 49.3 Å². The van der Waals surface area contributed by atoms with Gasteiger partial charge < -0.3 is 58.3 Å². The molecule has 612 valence electrons. The summed E-state index contributed by atoms with van der Waals surface area (Å²) in [7, 11) is 0. The summed E-state index contributed by atoms with van der Waals surface area (Å²) in [6.07, 6.45) is 35.4. The molecule has 1 amide bonds. The van der Waals surface area contributed by atoms with Gasteiger partial charge in [-0.25, -0.2) is 49.8 Å². The van der Waals surface area contributed by atoms with Gasteiger partial charge in [-0.2, -0.15) is 0 Å². The molecule has 0 saturated heterocycles. The maximum absolute atomic E-state index is 12.1. The van der Waals surface area contributed by atoms with Crippen LogP contribution >= 0.6 is 22.7 Å². The maximum atomic E-state index is 12.1. The number of aliphatic imine (C=N–C) groups is 1. The SMILES string of the molecule is C#Cc1cccc2cc(-c3nc(C4CCC(C(=O)O)CC4)n4ccnc(N)c34)[nH]c12.Cc1cccc2cc(-c3nc(C4CCC(C(=O)O)CC4)n4ccnc(N)c34)sc12.Nc1nccn2c(C3CCC(C(=O)O)CC3)nc(-c3cc4c([nH]3)C(=O)N=CC4)c12.Nc1nccn2c(C3CCC(C(=O)O)CC3)nc(-c3cc4cccc(-c5nccs5)c4[nH]3)c12. The molecule has 0 unspecified atom stereocenters. The zero-order valence-electron chi connectivity index (χ0n) is 65.8. The molecule has 4 fully saturated rings. The number of benzene rings is 3. The van der Waals surface area contributed by atoms with Gasteiger partial charge in [0.1, 0.15) is 102 Å². The van der Waals surface area contributed by atoms with Crippen molar-refractivity contribution in [1.29, 1.82) is 0 Å². The third-order valence-electron chi connectivity index (χ3n) is 24.7. The Morgan fingerprint density at radius 2 is 0.868 bits per heavy atom. The summed E-state index contributed by atoms with van der Waals surface area (Å²) in [5, 5.41) is 43.5. The Bertz CT molecular complexity index is 6820. The van der Waals surface area contributed by atoms with E-state index in [1.807, 2.05) is 86.0 Å². The van der Waals surface area contributed by atoms with Gasteiger partial charge in [0.25, 0.3) is 5.91 Å². The van der Waals surface area contributed by atoms with Gasteiger partial charge in [-0.05, 0) is 163 Å². The number of nitrogen functional groups attached to an aromatic ring is 4. The third kappa shape index (κ3) is 14.8. The molecule has 15 N–H and O–H groups in total. The first-order valence-corrected chi connectivity index (χ1v) is 42.2. The number of aromatic nitrogens is 16. The van der Waals surface area contributed by atoms with Gasteiger partial charge in [0.05, 0.1) is 56.7 Å². The number of nitrogens with one attached hydrogen (secondary N) is 3. The number of amides is 1. The molecule has 0 spiro atoms. The van der Waals surface area contributed by atoms with E-state index >= 15 is 0 Å². The summed E-state index contributed by atoms with van der Waals surface area (Å²) in [4.78, 5) is 114. The van der Waals surface area contributed by atoms with E-state index < -0.39 is 23.9 Å². The predicted octanol–water partition coefficient (Wildman–Crippen LogP) is 16.0. The number of H-pyrrole nitrogens is 3. The number of terminal acetylenes is 1. The monoisotopic (exact) mass is 1660 g/mol. The molecule has 4 saturated carbocycles. The molecule has 121 heavy (non-hydrogen) atoms. The number of fused-ring (bicyclic) bond motifs is 8. The highest BCUT2D eigenvalue weighted by Gasteiger charge is 2.37. The molecule has 5 aliphatic rings. The summed E-state index contributed by atoms with van der Waals surface area (Å²) in [5.41, 5.74) is 39.9. The maximum Gasteiger partial charge on any atom is 0.306 e. The fourth-order valence-corrected chi connectivity index (χ4v) is 20.2. The van der Waals surface area contributed by atoms with Crippen LogP contribution in [0.15, 0.2) is 145 Å². The van der Waals surface area contributed by atoms with Crippen LogP contribution < -0.4 is 22.9 Å². The van der Waals surface area contributed by atoms with Crippen molar-refractivity contribution in [3.05, 3.63) is 186 Å². The lowest BCUT2D eigenvalue weighted by Crippen LogP contribution is -2.21. The first kappa shape index (κ1) is 78.3. The molecule has 14 heterocycles. The van der Waals surface area contributed by atoms with Crippen LogP contribution in [0.3, 0.4) is 0 Å². The Hall–Kier alpha value is -13.9. The third-order valence-corrected chi connectivity index (χ3v) is 26.8. The highest BCUT2D eigenvalue weighted by atomic mass is 32.1. The van der Waals surface area contributed by atoms with Crippen molar-refractivity contribution in [2.24, 2.45) is 28.7 Å². The Balaban J connectivity index is 0.000000111. The molecular formula is C89H85N21O9S2. The minimum Gasteiger partial charge on any atom is -0.481 e. The second-order valence-corrected chi connectivity index (χ2v) is 33.8. The number of carbonyl (C=O) groups is 5. The van der Waals surface area contributed by atoms with E-state index in [2.05, 4.69) is 105 Å². The standard InChI is InChI=1S/C24H22N6O2S.C23H21N5O2.C22H22N4O2S.C20H20N6O3/c25-21-20-19(17-12-15-2-1-3-16(18(15)28-17)23-27-9-11-33-23)29-22(30(20)10-8-26-21)13-4-6-14(7-5-13)24(31)32;1-2-13-4-3-5-16-12-17(26-18(13)16)19-20-21(24)25-10-11-28(20)22(27-19)14-6-8-15(9-7-14)23(29)30;1-12-3-2-4-15-11-16(29-19(12)15)17-18-20(23)24-9-10-26(18)21(25-17)13-5-7-14(8-6-13)22(27)28;21-17-16-15(13-9-12-5-6-23-19(27)14(12)24-13)25-18(26(16)8-7-22-17)10-1-3-11(4-2-10)20(28)29/h1-3,8-14,28H,4-7H2,(H2,25,26)(H,31,32);1,3-5,10-12,14-15,26H,6-9H2,(H2,24,25)(H,29,30);2-4,9-11,13-14H,5-8H2,1H3,(H2,23,24)(H,27,28);6-11,24H,1-5H2,(H2,21,22)(H,28,29). The van der Waals surface area contributed by atoms with Crippen molar-refractivity contribution in [2.45, 2.75) is 140 Å². The number of carboxylic acids is 4. The normalized spacial score (nSPS) is 19.8. The average Bonchev–Trinajstić information content (AvgIpc) is 1.56. The highest BCUT2D eigenvalue weighted by molar-refractivity contribution is 7.22. The molecule has 21 rings (SSSR count). The van der Waals surface area contributed by atoms with E-state index in [9.17, 15) is 44.4 Å². The largest absolute Gasteiger partial charge is 0.481 e. The van der Waals surface area contributed by atoms with Crippen molar-refractivity contribution in [1.82, 2.24) is 77.4 Å². The number of thiazole rings is 1. The van der Waals surface area contributed by atoms with Crippen LogP contribution in [-0.2, 0) is 25.6 Å². The van der Waals surface area contributed by atoms with Crippen LogP contribution in [0.2, 0.25) is 0 Å². The Morgan fingerprint density at radius 1 is 0.471 bits per heavy atom. The topological polar surface area (TPSA) is 464 Å². The first-order valence-electron chi connectivity index (χ1n) is 40.5. The van der Waals surface area contributed by atoms with Crippen LogP contribution in [0, 0.1) is 42.9 Å². The highest BCUT2D eigenvalue weighted by Crippen LogP contribution is 2.46. The molecule has 0 bridgehead atoms. The quantitative estimate of drug-likeness (QED) is 0.0478. The number of aryl methyl sites for hydroxylation is 1. The molecule has 0 radical (unpaired) electrons. The smallest absolute Gasteiger partial charge is 0.306 e. The zero-order valence-corrected chi connectivity index (χ0v) is 67.4. The lowest BCUT2D eigenvalue weighted by Gasteiger charge is -2.25. The summed E-state index contributed by atoms with van der Waals surface area (Å²) < 4.78 is 9.28. The Kier molecular flexibility index (Phi) is 21.0. The number of hydrogen-bond acceptors (Lipinski definition) is 20. The molecule has 4 aliphatic carbocycles. The van der Waals surface area contributed by atoms with E-state index in [1.54, 1.807) is 53.7 Å². The van der Waals surface area contributed by atoms with E-state index in [0.717, 1.165) is 168 Å². The van der Waals surface area contributed by atoms with Gasteiger partial charge in [-0.3, -0.25) is 41.6 Å². The lowest BCUT2D eigenvalue weighted by atomic mass is 9.81. The number of anilines is 4. The van der Waals surface area contributed by atoms with Gasteiger partial charge in [0.15, 0.2) is 0 Å². The molecule has 3 aromatic carbocycles. The number of thiophene rings is 1. The second-order valence-electron chi connectivity index (χ2n) is 31.8. The number of nitrogens with two attached hydrogens (primary N) is 4. The van der Waals surface area contributed by atoms with Gasteiger partial charge in [0.2, 0.25) is 0 Å². The van der Waals surface area contributed by atoms with Crippen LogP contribution in [0.1, 0.15) is 177 Å². The van der Waals surface area contributed by atoms with Gasteiger partial charge in [-0.1, -0.05) is 48.4 Å². The average molecular weight is 1660 g/mol. The summed E-state index contributed by atoms with van der Waals surface area (Å²) in [6, 6.07) is 26.5. The zero-order chi connectivity index (χ0) is 83.6. The van der Waals surface area contributed by atoms with Crippen LogP contribution in [0.4, 0.5) is 23.3 Å². The fourth-order valence-electron chi connectivity index (χ4n) is 18.4. The predicted molar refractivity (Wildman–Crippen MR) is 464 cm³/mol. The minimum absolute atomic E-state index is 0.142. The van der Waals surface area contributed by atoms with Crippen molar-refractivity contribution in [2.75, 3.05) is 22.9 Å². The van der Waals surface area contributed by atoms with Crippen LogP contribution in [0.5, 0.6) is 0 Å². The number of carbonyl (C=O) groups excluding carboxylic acids is 1. The molecule has 16 aromatic rings. The Labute approximate surface area is 698 Å². The van der Waals surface area contributed by atoms with Crippen molar-refractivity contribution in [3.63, 3.8) is 0 Å². The van der Waals surface area contributed by atoms with Crippen LogP contribution in [0.25, 0.3) is 109 Å². The number of aliphatic carboxylic acids is 4. The van der Waals surface area contributed by atoms with Crippen molar-refractivity contribution < 1.29 is 44.4 Å². The molecule has 0 atom stereocenters. The summed E-state index contributed by atoms with van der Waals surface area (Å²) >= 11 is 3.33. The molecule has 30 nitrogen and oxygen atoms in total. The van der Waals surface area contributed by atoms with Gasteiger partial charge in [-0.15, -0.1) is 29.1 Å². The first-order chi connectivity index (χ1) is 58.7. The second kappa shape index (κ2) is 32.4. The van der Waals surface area contributed by atoms with Crippen molar-refractivity contribution >= 4 is 136 Å². The van der Waals surface area contributed by atoms with E-state index in [1.165, 1.54) is 15.6 Å². The lowest BCUT2D eigenvalue weighted by molar-refractivity contribution is -0.143. The number of aromatic amines is 3. The van der Waals surface area contributed by atoms with E-state index in [-0.39, 0.29) is 53.3 Å². The minimum atomic E-state index is -0.727. The number of nitrogens with zero attached hydrogens (tertiary/aromatic N) is 14. The molecular weight excluding hydrogens is 1570 g/mol. The molecule has 32 heteroatoms. The van der Waals surface area contributed by atoms with Gasteiger partial charge in [0, 0.05) is 124 Å². The van der Waals surface area contributed by atoms with Crippen molar-refractivity contribution in [3.8, 4) is 67.6 Å². The van der Waals surface area contributed by atoms with Gasteiger partial charge >= 0.3 is 23.9 Å². The summed E-state index contributed by atoms with van der Waals surface area (Å²) in [5.74, 6) is 4.52. The molecule has 13 aromatic heterocycles. The van der Waals surface area contributed by atoms with E-state index in [0.29, 0.717) is 104 Å².